The molecule has 0 unspecified atom stereocenters. The number of carbonyl (C=O) groups is 1. The van der Waals surface area contributed by atoms with Crippen molar-refractivity contribution in [3.63, 3.8) is 0 Å². The SMILES string of the molecule is COc1cc(/C=N/N(CC(C)C)C2=NS(=O)(=O)c3ccc(OCC(=O)N4CCC4)cc32)ccc1F. The molecule has 1 amide bonds. The van der Waals surface area contributed by atoms with Crippen LogP contribution in [-0.2, 0) is 14.8 Å². The molecule has 0 N–H and O–H groups in total. The van der Waals surface area contributed by atoms with Gasteiger partial charge in [0, 0.05) is 25.2 Å². The topological polar surface area (TPSA) is 101 Å². The number of carbonyl (C=O) groups excluding carboxylic acids is 1. The third-order valence-corrected chi connectivity index (χ3v) is 6.88. The fraction of sp³-hybridized carbons (Fsp3) is 0.375. The van der Waals surface area contributed by atoms with Crippen LogP contribution in [-0.4, -0.2) is 69.6 Å². The number of amidine groups is 1. The number of ether oxygens (including phenoxy) is 2. The van der Waals surface area contributed by atoms with Crippen molar-refractivity contribution < 1.29 is 27.1 Å². The number of halogens is 1. The summed E-state index contributed by atoms with van der Waals surface area (Å²) in [4.78, 5) is 13.9. The van der Waals surface area contributed by atoms with Gasteiger partial charge in [0.15, 0.2) is 24.0 Å². The number of nitrogens with zero attached hydrogens (tertiary/aromatic N) is 4. The number of sulfonamides is 1. The van der Waals surface area contributed by atoms with Gasteiger partial charge in [-0.15, -0.1) is 4.40 Å². The Morgan fingerprint density at radius 1 is 1.26 bits per heavy atom. The molecule has 186 valence electrons. The van der Waals surface area contributed by atoms with Gasteiger partial charge in [0.05, 0.1) is 13.3 Å². The van der Waals surface area contributed by atoms with Crippen LogP contribution in [0.25, 0.3) is 0 Å². The molecule has 0 atom stereocenters. The maximum Gasteiger partial charge on any atom is 0.285 e. The van der Waals surface area contributed by atoms with Gasteiger partial charge in [-0.2, -0.15) is 13.5 Å². The molecule has 1 saturated heterocycles. The monoisotopic (exact) mass is 502 g/mol. The lowest BCUT2D eigenvalue weighted by Gasteiger charge is -2.30. The summed E-state index contributed by atoms with van der Waals surface area (Å²) in [5, 5.41) is 5.96. The summed E-state index contributed by atoms with van der Waals surface area (Å²) in [6, 6.07) is 8.80. The Balaban J connectivity index is 1.62. The average Bonchev–Trinajstić information content (AvgIpc) is 3.05. The number of methoxy groups -OCH3 is 1. The van der Waals surface area contributed by atoms with Gasteiger partial charge in [-0.25, -0.2) is 9.40 Å². The molecule has 0 spiro atoms. The minimum Gasteiger partial charge on any atom is -0.494 e. The first-order chi connectivity index (χ1) is 16.7. The predicted molar refractivity (Wildman–Crippen MR) is 129 cm³/mol. The van der Waals surface area contributed by atoms with Gasteiger partial charge in [-0.1, -0.05) is 19.9 Å². The standard InChI is InChI=1S/C24H27FN4O5S/c1-16(2)14-29(26-13-17-5-7-20(25)21(11-17)33-3)24-19-12-18(6-8-22(19)35(31,32)27-24)34-15-23(30)28-9-4-10-28/h5-8,11-13,16H,4,9-10,14-15H2,1-3H3/b26-13+. The molecule has 9 nitrogen and oxygen atoms in total. The second-order valence-corrected chi connectivity index (χ2v) is 10.3. The summed E-state index contributed by atoms with van der Waals surface area (Å²) in [5.41, 5.74) is 0.911. The van der Waals surface area contributed by atoms with Crippen molar-refractivity contribution in [1.82, 2.24) is 9.91 Å². The highest BCUT2D eigenvalue weighted by atomic mass is 32.2. The zero-order valence-corrected chi connectivity index (χ0v) is 20.6. The van der Waals surface area contributed by atoms with E-state index in [0.29, 0.717) is 23.4 Å². The molecular formula is C24H27FN4O5S. The van der Waals surface area contributed by atoms with Gasteiger partial charge in [0.2, 0.25) is 0 Å². The molecule has 2 heterocycles. The Morgan fingerprint density at radius 2 is 2.03 bits per heavy atom. The van der Waals surface area contributed by atoms with Crippen LogP contribution in [0, 0.1) is 11.7 Å². The fourth-order valence-electron chi connectivity index (χ4n) is 3.63. The zero-order chi connectivity index (χ0) is 25.2. The van der Waals surface area contributed by atoms with Crippen LogP contribution in [0.15, 0.2) is 50.8 Å². The van der Waals surface area contributed by atoms with E-state index in [1.54, 1.807) is 11.0 Å². The normalized spacial score (nSPS) is 16.1. The Morgan fingerprint density at radius 3 is 2.69 bits per heavy atom. The number of likely N-dealkylation sites (tertiary alicyclic amines) is 1. The van der Waals surface area contributed by atoms with Gasteiger partial charge < -0.3 is 14.4 Å². The highest BCUT2D eigenvalue weighted by Gasteiger charge is 2.33. The molecule has 4 rings (SSSR count). The molecule has 2 aromatic rings. The number of benzene rings is 2. The van der Waals surface area contributed by atoms with E-state index in [9.17, 15) is 17.6 Å². The average molecular weight is 503 g/mol. The van der Waals surface area contributed by atoms with Crippen LogP contribution in [0.5, 0.6) is 11.5 Å². The molecule has 1 fully saturated rings. The van der Waals surface area contributed by atoms with Crippen molar-refractivity contribution in [1.29, 1.82) is 0 Å². The third kappa shape index (κ3) is 5.45. The number of fused-ring (bicyclic) bond motifs is 1. The van der Waals surface area contributed by atoms with Crippen LogP contribution in [0.4, 0.5) is 4.39 Å². The summed E-state index contributed by atoms with van der Waals surface area (Å²) < 4.78 is 53.9. The maximum absolute atomic E-state index is 13.8. The molecule has 0 bridgehead atoms. The van der Waals surface area contributed by atoms with E-state index in [2.05, 4.69) is 9.50 Å². The van der Waals surface area contributed by atoms with Gasteiger partial charge in [0.1, 0.15) is 10.6 Å². The summed E-state index contributed by atoms with van der Waals surface area (Å²) in [5.74, 6) is 0.101. The fourth-order valence-corrected chi connectivity index (χ4v) is 4.81. The van der Waals surface area contributed by atoms with Crippen LogP contribution in [0.3, 0.4) is 0 Å². The second-order valence-electron chi connectivity index (χ2n) is 8.69. The molecule has 0 aromatic heterocycles. The Bertz CT molecular complexity index is 1290. The van der Waals surface area contributed by atoms with Gasteiger partial charge >= 0.3 is 0 Å². The molecule has 2 aliphatic heterocycles. The summed E-state index contributed by atoms with van der Waals surface area (Å²) in [7, 11) is -2.55. The van der Waals surface area contributed by atoms with E-state index in [0.717, 1.165) is 19.5 Å². The smallest absolute Gasteiger partial charge is 0.285 e. The minimum absolute atomic E-state index is 0.0429. The molecular weight excluding hydrogens is 475 g/mol. The lowest BCUT2D eigenvalue weighted by atomic mass is 10.1. The van der Waals surface area contributed by atoms with Crippen molar-refractivity contribution in [2.45, 2.75) is 25.2 Å². The van der Waals surface area contributed by atoms with E-state index in [1.165, 1.54) is 48.7 Å². The van der Waals surface area contributed by atoms with E-state index in [1.807, 2.05) is 13.8 Å². The predicted octanol–water partition coefficient (Wildman–Crippen LogP) is 2.89. The Hall–Kier alpha value is -3.47. The summed E-state index contributed by atoms with van der Waals surface area (Å²) in [6.45, 7) is 5.64. The quantitative estimate of drug-likeness (QED) is 0.407. The Labute approximate surface area is 203 Å². The van der Waals surface area contributed by atoms with Crippen LogP contribution < -0.4 is 9.47 Å². The molecule has 0 radical (unpaired) electrons. The third-order valence-electron chi connectivity index (χ3n) is 5.55. The van der Waals surface area contributed by atoms with Crippen molar-refractivity contribution in [3.8, 4) is 11.5 Å². The Kier molecular flexibility index (Phi) is 7.06. The van der Waals surface area contributed by atoms with E-state index in [4.69, 9.17) is 9.47 Å². The first kappa shape index (κ1) is 24.6. The first-order valence-electron chi connectivity index (χ1n) is 11.2. The highest BCUT2D eigenvalue weighted by molar-refractivity contribution is 7.90. The highest BCUT2D eigenvalue weighted by Crippen LogP contribution is 2.31. The van der Waals surface area contributed by atoms with Gasteiger partial charge in [0.25, 0.3) is 15.9 Å². The van der Waals surface area contributed by atoms with Crippen LogP contribution >= 0.6 is 0 Å². The van der Waals surface area contributed by atoms with Crippen LogP contribution in [0.2, 0.25) is 0 Å². The van der Waals surface area contributed by atoms with Crippen molar-refractivity contribution >= 4 is 28.0 Å². The largest absolute Gasteiger partial charge is 0.494 e. The van der Waals surface area contributed by atoms with E-state index < -0.39 is 15.8 Å². The zero-order valence-electron chi connectivity index (χ0n) is 19.8. The van der Waals surface area contributed by atoms with Gasteiger partial charge in [-0.05, 0) is 48.2 Å². The molecule has 0 aliphatic carbocycles. The maximum atomic E-state index is 13.8. The first-order valence-corrected chi connectivity index (χ1v) is 12.7. The van der Waals surface area contributed by atoms with Crippen LogP contribution in [0.1, 0.15) is 31.4 Å². The van der Waals surface area contributed by atoms with Crippen molar-refractivity contribution in [2.75, 3.05) is 33.4 Å². The van der Waals surface area contributed by atoms with E-state index >= 15 is 0 Å². The second kappa shape index (κ2) is 10.0. The lowest BCUT2D eigenvalue weighted by molar-refractivity contribution is -0.136. The minimum atomic E-state index is -3.92. The lowest BCUT2D eigenvalue weighted by Crippen LogP contribution is -2.44. The van der Waals surface area contributed by atoms with Gasteiger partial charge in [-0.3, -0.25) is 4.79 Å². The molecule has 2 aromatic carbocycles. The summed E-state index contributed by atoms with van der Waals surface area (Å²) >= 11 is 0. The molecule has 0 saturated carbocycles. The number of hydrogen-bond donors (Lipinski definition) is 0. The summed E-state index contributed by atoms with van der Waals surface area (Å²) in [6.07, 6.45) is 2.47. The number of hydrazone groups is 1. The molecule has 35 heavy (non-hydrogen) atoms. The number of hydrogen-bond acceptors (Lipinski definition) is 7. The molecule has 11 heteroatoms. The number of rotatable bonds is 8. The van der Waals surface area contributed by atoms with Crippen molar-refractivity contribution in [2.24, 2.45) is 15.4 Å². The van der Waals surface area contributed by atoms with E-state index in [-0.39, 0.29) is 34.9 Å². The molecule has 2 aliphatic rings. The van der Waals surface area contributed by atoms with Crippen molar-refractivity contribution in [3.05, 3.63) is 53.3 Å². The number of amides is 1.